The molecule has 0 N–H and O–H groups in total. The number of allylic oxidation sites excluding steroid dienone is 3. The lowest BCUT2D eigenvalue weighted by Crippen LogP contribution is -2.40. The number of carbonyl (C=O) groups excluding carboxylic acids is 3. The summed E-state index contributed by atoms with van der Waals surface area (Å²) < 4.78 is 16.0. The number of carbonyl (C=O) groups is 3. The summed E-state index contributed by atoms with van der Waals surface area (Å²) in [5, 5.41) is 0. The summed E-state index contributed by atoms with van der Waals surface area (Å²) in [6.07, 6.45) is 5.12. The molecule has 0 spiro atoms. The molecule has 0 unspecified atom stereocenters. The van der Waals surface area contributed by atoms with E-state index >= 15 is 0 Å². The number of hydrogen-bond donors (Lipinski definition) is 0. The lowest BCUT2D eigenvalue weighted by atomic mass is 9.77. The van der Waals surface area contributed by atoms with Crippen molar-refractivity contribution in [2.24, 2.45) is 5.92 Å². The molecule has 2 atom stereocenters. The maximum absolute atomic E-state index is 12.5. The molecule has 1 aliphatic carbocycles. The van der Waals surface area contributed by atoms with Gasteiger partial charge in [0.1, 0.15) is 5.76 Å². The molecule has 3 aliphatic rings. The van der Waals surface area contributed by atoms with Crippen LogP contribution >= 0.6 is 0 Å². The minimum absolute atomic E-state index is 0.232. The van der Waals surface area contributed by atoms with Crippen LogP contribution < -0.4 is 0 Å². The summed E-state index contributed by atoms with van der Waals surface area (Å²) in [4.78, 5) is 36.9. The van der Waals surface area contributed by atoms with Gasteiger partial charge in [0.2, 0.25) is 17.1 Å². The van der Waals surface area contributed by atoms with Crippen molar-refractivity contribution in [2.45, 2.75) is 39.7 Å². The van der Waals surface area contributed by atoms with Crippen molar-refractivity contribution in [3.8, 4) is 0 Å². The fourth-order valence-corrected chi connectivity index (χ4v) is 2.77. The Labute approximate surface area is 139 Å². The summed E-state index contributed by atoms with van der Waals surface area (Å²) in [7, 11) is 0. The summed E-state index contributed by atoms with van der Waals surface area (Å²) in [5.41, 5.74) is -0.137. The van der Waals surface area contributed by atoms with Crippen LogP contribution in [-0.4, -0.2) is 23.3 Å². The number of esters is 2. The van der Waals surface area contributed by atoms with Crippen molar-refractivity contribution in [3.63, 3.8) is 0 Å². The molecular formula is C18H18O6. The van der Waals surface area contributed by atoms with Gasteiger partial charge in [-0.15, -0.1) is 0 Å². The normalized spacial score (nSPS) is 26.4. The van der Waals surface area contributed by atoms with Crippen LogP contribution in [0.5, 0.6) is 0 Å². The topological polar surface area (TPSA) is 78.9 Å². The molecule has 0 fully saturated rings. The summed E-state index contributed by atoms with van der Waals surface area (Å²) in [6, 6.07) is 0. The van der Waals surface area contributed by atoms with E-state index in [0.717, 1.165) is 0 Å². The van der Waals surface area contributed by atoms with E-state index in [2.05, 4.69) is 0 Å². The molecule has 3 rings (SSSR count). The third-order valence-corrected chi connectivity index (χ3v) is 4.46. The van der Waals surface area contributed by atoms with Crippen LogP contribution in [0.4, 0.5) is 0 Å². The first kappa shape index (κ1) is 16.2. The highest BCUT2D eigenvalue weighted by molar-refractivity contribution is 6.11. The Balaban J connectivity index is 2.12. The molecular weight excluding hydrogens is 312 g/mol. The number of ketones is 1. The number of ether oxygens (including phenoxy) is 3. The van der Waals surface area contributed by atoms with E-state index in [9.17, 15) is 14.4 Å². The van der Waals surface area contributed by atoms with Crippen LogP contribution in [0.25, 0.3) is 0 Å². The van der Waals surface area contributed by atoms with Crippen molar-refractivity contribution in [1.29, 1.82) is 0 Å². The lowest BCUT2D eigenvalue weighted by molar-refractivity contribution is -0.158. The van der Waals surface area contributed by atoms with Gasteiger partial charge < -0.3 is 14.2 Å². The molecule has 0 aromatic carbocycles. The fourth-order valence-electron chi connectivity index (χ4n) is 2.77. The van der Waals surface area contributed by atoms with Crippen LogP contribution in [0.2, 0.25) is 0 Å². The monoisotopic (exact) mass is 330 g/mol. The second-order valence-electron chi connectivity index (χ2n) is 6.23. The predicted octanol–water partition coefficient (Wildman–Crippen LogP) is 2.47. The zero-order valence-electron chi connectivity index (χ0n) is 14.0. The maximum Gasteiger partial charge on any atom is 0.376 e. The predicted molar refractivity (Wildman–Crippen MR) is 83.1 cm³/mol. The third-order valence-electron chi connectivity index (χ3n) is 4.46. The van der Waals surface area contributed by atoms with Crippen molar-refractivity contribution in [3.05, 3.63) is 46.7 Å². The Kier molecular flexibility index (Phi) is 3.70. The highest BCUT2D eigenvalue weighted by Crippen LogP contribution is 2.46. The molecule has 0 saturated carbocycles. The van der Waals surface area contributed by atoms with E-state index in [4.69, 9.17) is 14.2 Å². The van der Waals surface area contributed by atoms with Crippen LogP contribution in [0, 0.1) is 5.92 Å². The first-order chi connectivity index (χ1) is 11.3. The van der Waals surface area contributed by atoms with Crippen LogP contribution in [-0.2, 0) is 28.6 Å². The first-order valence-electron chi connectivity index (χ1n) is 7.79. The molecule has 24 heavy (non-hydrogen) atoms. The molecule has 0 aromatic heterocycles. The number of rotatable bonds is 3. The van der Waals surface area contributed by atoms with Gasteiger partial charge in [0.05, 0.1) is 17.8 Å². The highest BCUT2D eigenvalue weighted by Gasteiger charge is 2.55. The zero-order valence-corrected chi connectivity index (χ0v) is 14.0. The average molecular weight is 330 g/mol. The third kappa shape index (κ3) is 2.29. The largest absolute Gasteiger partial charge is 0.469 e. The summed E-state index contributed by atoms with van der Waals surface area (Å²) >= 11 is 0. The molecule has 0 bridgehead atoms. The Morgan fingerprint density at radius 1 is 1.33 bits per heavy atom. The second kappa shape index (κ2) is 5.47. The Bertz CT molecular complexity index is 779. The molecule has 2 aliphatic heterocycles. The quantitative estimate of drug-likeness (QED) is 0.740. The van der Waals surface area contributed by atoms with E-state index in [1.54, 1.807) is 19.9 Å². The maximum atomic E-state index is 12.5. The van der Waals surface area contributed by atoms with E-state index in [1.165, 1.54) is 19.3 Å². The Hall–Kier alpha value is -2.63. The van der Waals surface area contributed by atoms with Gasteiger partial charge in [0.15, 0.2) is 0 Å². The van der Waals surface area contributed by atoms with Gasteiger partial charge in [-0.1, -0.05) is 13.8 Å². The van der Waals surface area contributed by atoms with Gasteiger partial charge in [-0.05, 0) is 38.0 Å². The highest BCUT2D eigenvalue weighted by atomic mass is 16.6. The molecule has 126 valence electrons. The van der Waals surface area contributed by atoms with E-state index < -0.39 is 17.5 Å². The Morgan fingerprint density at radius 2 is 2.04 bits per heavy atom. The molecule has 0 amide bonds. The van der Waals surface area contributed by atoms with Crippen LogP contribution in [0.1, 0.15) is 34.1 Å². The second-order valence-corrected chi connectivity index (χ2v) is 6.23. The molecule has 0 radical (unpaired) electrons. The van der Waals surface area contributed by atoms with Gasteiger partial charge in [-0.3, -0.25) is 9.59 Å². The van der Waals surface area contributed by atoms with Crippen molar-refractivity contribution >= 4 is 17.7 Å². The van der Waals surface area contributed by atoms with Crippen LogP contribution in [0.3, 0.4) is 0 Å². The summed E-state index contributed by atoms with van der Waals surface area (Å²) in [6.45, 7) is 6.79. The van der Waals surface area contributed by atoms with Crippen LogP contribution in [0.15, 0.2) is 46.7 Å². The van der Waals surface area contributed by atoms with Crippen molar-refractivity contribution in [1.82, 2.24) is 0 Å². The molecule has 6 heteroatoms. The number of hydrogen-bond acceptors (Lipinski definition) is 6. The minimum Gasteiger partial charge on any atom is -0.469 e. The smallest absolute Gasteiger partial charge is 0.376 e. The van der Waals surface area contributed by atoms with E-state index in [0.29, 0.717) is 23.3 Å². The SMILES string of the molecule is CC[C@H](C)C(=O)OC1=C2C3=COC(C)=CC3=CC(=O)[C@@]2(C)OC1=O. The van der Waals surface area contributed by atoms with Gasteiger partial charge in [-0.2, -0.15) is 0 Å². The standard InChI is InChI=1S/C18H18O6/c1-5-9(2)16(20)23-15-14-12-8-22-10(3)6-11(12)7-13(19)18(14,4)24-17(15)21/h6-9H,5H2,1-4H3/t9-,18+/m0/s1. The van der Waals surface area contributed by atoms with Gasteiger partial charge in [0.25, 0.3) is 0 Å². The van der Waals surface area contributed by atoms with E-state index in [-0.39, 0.29) is 23.0 Å². The molecule has 0 aromatic rings. The molecule has 2 heterocycles. The molecule has 6 nitrogen and oxygen atoms in total. The van der Waals surface area contributed by atoms with Gasteiger partial charge in [-0.25, -0.2) is 4.79 Å². The van der Waals surface area contributed by atoms with Crippen molar-refractivity contribution < 1.29 is 28.6 Å². The van der Waals surface area contributed by atoms with Crippen molar-refractivity contribution in [2.75, 3.05) is 0 Å². The zero-order chi connectivity index (χ0) is 17.6. The van der Waals surface area contributed by atoms with Gasteiger partial charge >= 0.3 is 11.9 Å². The lowest BCUT2D eigenvalue weighted by Gasteiger charge is -2.30. The average Bonchev–Trinajstić information content (AvgIpc) is 2.79. The molecule has 0 saturated heterocycles. The first-order valence-corrected chi connectivity index (χ1v) is 7.79. The fraction of sp³-hybridized carbons (Fsp3) is 0.389. The van der Waals surface area contributed by atoms with Gasteiger partial charge in [0, 0.05) is 5.57 Å². The minimum atomic E-state index is -1.50. The Morgan fingerprint density at radius 3 is 2.71 bits per heavy atom. The summed E-state index contributed by atoms with van der Waals surface area (Å²) in [5.74, 6) is -1.72. The number of fused-ring (bicyclic) bond motifs is 3. The van der Waals surface area contributed by atoms with E-state index in [1.807, 2.05) is 6.92 Å².